The van der Waals surface area contributed by atoms with Crippen LogP contribution in [-0.4, -0.2) is 39.9 Å². The van der Waals surface area contributed by atoms with Crippen LogP contribution >= 0.6 is 0 Å². The maximum atomic E-state index is 13.5. The molecular weight excluding hydrogens is 410 g/mol. The summed E-state index contributed by atoms with van der Waals surface area (Å²) in [4.78, 5) is 22.9. The minimum Gasteiger partial charge on any atom is -0.373 e. The Bertz CT molecular complexity index is 1220. The second-order valence-electron chi connectivity index (χ2n) is 8.88. The molecule has 1 saturated heterocycles. The Labute approximate surface area is 194 Å². The van der Waals surface area contributed by atoms with E-state index in [1.807, 2.05) is 59.6 Å². The number of fused-ring (bicyclic) bond motifs is 1. The molecule has 0 saturated carbocycles. The van der Waals surface area contributed by atoms with Crippen LogP contribution in [-0.2, 0) is 11.2 Å². The van der Waals surface area contributed by atoms with Crippen molar-refractivity contribution in [3.05, 3.63) is 84.8 Å². The van der Waals surface area contributed by atoms with E-state index in [0.29, 0.717) is 12.3 Å². The van der Waals surface area contributed by atoms with Gasteiger partial charge in [0.15, 0.2) is 0 Å². The molecule has 1 aliphatic rings. The molecular formula is C27H29N5O. The first-order chi connectivity index (χ1) is 16.2. The molecule has 0 spiro atoms. The molecule has 0 bridgehead atoms. The third kappa shape index (κ3) is 4.85. The number of benzene rings is 2. The van der Waals surface area contributed by atoms with Crippen molar-refractivity contribution in [1.29, 1.82) is 0 Å². The van der Waals surface area contributed by atoms with Crippen molar-refractivity contribution in [3.63, 3.8) is 0 Å². The van der Waals surface area contributed by atoms with Crippen molar-refractivity contribution < 1.29 is 4.79 Å². The van der Waals surface area contributed by atoms with Gasteiger partial charge in [-0.15, -0.1) is 0 Å². The van der Waals surface area contributed by atoms with Crippen molar-refractivity contribution in [3.8, 4) is 0 Å². The van der Waals surface area contributed by atoms with Crippen LogP contribution in [0.15, 0.2) is 79.3 Å². The summed E-state index contributed by atoms with van der Waals surface area (Å²) < 4.78 is 0. The highest BCUT2D eigenvalue weighted by Crippen LogP contribution is 2.24. The first-order valence-corrected chi connectivity index (χ1v) is 11.5. The lowest BCUT2D eigenvalue weighted by molar-refractivity contribution is -0.131. The third-order valence-electron chi connectivity index (χ3n) is 6.33. The maximum absolute atomic E-state index is 13.5. The van der Waals surface area contributed by atoms with Crippen LogP contribution in [0.3, 0.4) is 0 Å². The summed E-state index contributed by atoms with van der Waals surface area (Å²) in [5.41, 5.74) is 5.15. The monoisotopic (exact) mass is 439 g/mol. The number of para-hydroxylation sites is 1. The van der Waals surface area contributed by atoms with Gasteiger partial charge < -0.3 is 20.5 Å². The molecule has 1 fully saturated rings. The van der Waals surface area contributed by atoms with Crippen LogP contribution in [0.5, 0.6) is 0 Å². The van der Waals surface area contributed by atoms with Gasteiger partial charge in [-0.1, -0.05) is 25.1 Å². The normalized spacial score (nSPS) is 16.6. The smallest absolute Gasteiger partial charge is 0.245 e. The molecule has 2 aromatic carbocycles. The molecule has 1 amide bonds. The van der Waals surface area contributed by atoms with Crippen molar-refractivity contribution >= 4 is 33.9 Å². The zero-order valence-corrected chi connectivity index (χ0v) is 18.8. The number of hydrogen-bond acceptors (Lipinski definition) is 4. The second kappa shape index (κ2) is 9.36. The van der Waals surface area contributed by atoms with Crippen LogP contribution in [0.2, 0.25) is 0 Å². The summed E-state index contributed by atoms with van der Waals surface area (Å²) in [6.07, 6.45) is 7.25. The summed E-state index contributed by atoms with van der Waals surface area (Å²) in [6.45, 7) is 3.88. The first-order valence-electron chi connectivity index (χ1n) is 11.5. The van der Waals surface area contributed by atoms with Crippen molar-refractivity contribution in [2.24, 2.45) is 5.92 Å². The lowest BCUT2D eigenvalue weighted by atomic mass is 10.0. The highest BCUT2D eigenvalue weighted by molar-refractivity contribution is 5.88. The van der Waals surface area contributed by atoms with Gasteiger partial charge in [0.1, 0.15) is 6.04 Å². The number of hydrogen-bond donors (Lipinski definition) is 3. The highest BCUT2D eigenvalue weighted by atomic mass is 16.2. The maximum Gasteiger partial charge on any atom is 0.245 e. The Morgan fingerprint density at radius 2 is 1.79 bits per heavy atom. The number of rotatable bonds is 7. The summed E-state index contributed by atoms with van der Waals surface area (Å²) >= 11 is 0. The number of likely N-dealkylation sites (tertiary alicyclic amines) is 1. The molecule has 0 radical (unpaired) electrons. The molecule has 33 heavy (non-hydrogen) atoms. The fourth-order valence-corrected chi connectivity index (χ4v) is 4.53. The van der Waals surface area contributed by atoms with Gasteiger partial charge in [-0.2, -0.15) is 0 Å². The number of H-pyrrole nitrogens is 1. The van der Waals surface area contributed by atoms with E-state index >= 15 is 0 Å². The molecule has 6 heteroatoms. The number of aromatic nitrogens is 2. The van der Waals surface area contributed by atoms with Crippen molar-refractivity contribution in [2.45, 2.75) is 25.8 Å². The molecule has 2 atom stereocenters. The Morgan fingerprint density at radius 1 is 1.06 bits per heavy atom. The van der Waals surface area contributed by atoms with Gasteiger partial charge in [0, 0.05) is 66.1 Å². The van der Waals surface area contributed by atoms with Gasteiger partial charge >= 0.3 is 0 Å². The molecule has 168 valence electrons. The van der Waals surface area contributed by atoms with E-state index in [0.717, 1.165) is 47.7 Å². The molecule has 2 unspecified atom stereocenters. The number of aromatic amines is 1. The van der Waals surface area contributed by atoms with Crippen molar-refractivity contribution in [2.75, 3.05) is 23.7 Å². The molecule has 0 aliphatic carbocycles. The highest BCUT2D eigenvalue weighted by Gasteiger charge is 2.30. The quantitative estimate of drug-likeness (QED) is 0.370. The lowest BCUT2D eigenvalue weighted by Crippen LogP contribution is -2.43. The number of carbonyl (C=O) groups is 1. The van der Waals surface area contributed by atoms with Gasteiger partial charge in [0.05, 0.1) is 0 Å². The molecule has 4 aromatic rings. The second-order valence-corrected chi connectivity index (χ2v) is 8.88. The van der Waals surface area contributed by atoms with Gasteiger partial charge in [0.25, 0.3) is 0 Å². The average molecular weight is 440 g/mol. The van der Waals surface area contributed by atoms with Crippen LogP contribution in [0.1, 0.15) is 18.9 Å². The van der Waals surface area contributed by atoms with Crippen LogP contribution < -0.4 is 10.6 Å². The summed E-state index contributed by atoms with van der Waals surface area (Å²) in [6, 6.07) is 19.9. The third-order valence-corrected chi connectivity index (χ3v) is 6.33. The summed E-state index contributed by atoms with van der Waals surface area (Å²) in [7, 11) is 0. The minimum absolute atomic E-state index is 0.170. The van der Waals surface area contributed by atoms with Crippen LogP contribution in [0, 0.1) is 5.92 Å². The fourth-order valence-electron chi connectivity index (χ4n) is 4.53. The van der Waals surface area contributed by atoms with Crippen molar-refractivity contribution in [1.82, 2.24) is 14.9 Å². The van der Waals surface area contributed by atoms with E-state index in [1.165, 1.54) is 5.39 Å². The van der Waals surface area contributed by atoms with Gasteiger partial charge in [-0.05, 0) is 60.4 Å². The molecule has 5 rings (SSSR count). The summed E-state index contributed by atoms with van der Waals surface area (Å²) in [5, 5.41) is 8.06. The predicted octanol–water partition coefficient (Wildman–Crippen LogP) is 5.20. The molecule has 3 N–H and O–H groups in total. The standard InChI is InChI=1S/C27H29N5O/c1-19-12-15-32(18-19)27(33)26(16-20-17-29-25-5-3-2-4-24(20)25)31-22-8-6-21(7-9-22)30-23-10-13-28-14-11-23/h2-11,13-14,17,19,26,29,31H,12,15-16,18H2,1H3,(H,28,30). The molecule has 2 aromatic heterocycles. The topological polar surface area (TPSA) is 73.1 Å². The zero-order chi connectivity index (χ0) is 22.6. The molecule has 6 nitrogen and oxygen atoms in total. The number of carbonyl (C=O) groups excluding carboxylic acids is 1. The Kier molecular flexibility index (Phi) is 5.98. The number of anilines is 3. The SMILES string of the molecule is CC1CCN(C(=O)C(Cc2c[nH]c3ccccc23)Nc2ccc(Nc3ccncc3)cc2)C1. The predicted molar refractivity (Wildman–Crippen MR) is 134 cm³/mol. The minimum atomic E-state index is -0.325. The molecule has 3 heterocycles. The lowest BCUT2D eigenvalue weighted by Gasteiger charge is -2.25. The number of nitrogens with zero attached hydrogens (tertiary/aromatic N) is 2. The van der Waals surface area contributed by atoms with E-state index < -0.39 is 0 Å². The zero-order valence-electron chi connectivity index (χ0n) is 18.8. The average Bonchev–Trinajstić information content (AvgIpc) is 3.46. The van der Waals surface area contributed by atoms with E-state index in [9.17, 15) is 4.79 Å². The molecule has 1 aliphatic heterocycles. The number of nitrogens with one attached hydrogen (secondary N) is 3. The van der Waals surface area contributed by atoms with Crippen LogP contribution in [0.4, 0.5) is 17.1 Å². The first kappa shape index (κ1) is 21.1. The Morgan fingerprint density at radius 3 is 2.55 bits per heavy atom. The van der Waals surface area contributed by atoms with E-state index in [2.05, 4.69) is 39.7 Å². The van der Waals surface area contributed by atoms with E-state index in [4.69, 9.17) is 0 Å². The number of amides is 1. The fraction of sp³-hybridized carbons (Fsp3) is 0.259. The van der Waals surface area contributed by atoms with Crippen LogP contribution in [0.25, 0.3) is 10.9 Å². The van der Waals surface area contributed by atoms with E-state index in [-0.39, 0.29) is 11.9 Å². The summed E-state index contributed by atoms with van der Waals surface area (Å²) in [5.74, 6) is 0.727. The van der Waals surface area contributed by atoms with E-state index in [1.54, 1.807) is 12.4 Å². The number of pyridine rings is 1. The largest absolute Gasteiger partial charge is 0.373 e. The van der Waals surface area contributed by atoms with Gasteiger partial charge in [-0.25, -0.2) is 0 Å². The Balaban J connectivity index is 1.35. The van der Waals surface area contributed by atoms with Gasteiger partial charge in [-0.3, -0.25) is 9.78 Å². The van der Waals surface area contributed by atoms with Gasteiger partial charge in [0.2, 0.25) is 5.91 Å². The Hall–Kier alpha value is -3.80.